The molecule has 1 atom stereocenters. The van der Waals surface area contributed by atoms with E-state index in [1.165, 1.54) is 0 Å². The summed E-state index contributed by atoms with van der Waals surface area (Å²) in [6.07, 6.45) is 0. The predicted molar refractivity (Wildman–Crippen MR) is 113 cm³/mol. The monoisotopic (exact) mass is 392 g/mol. The molecule has 0 bridgehead atoms. The van der Waals surface area contributed by atoms with Crippen LogP contribution in [0.25, 0.3) is 0 Å². The Bertz CT molecular complexity index is 1000. The van der Waals surface area contributed by atoms with Gasteiger partial charge in [0.05, 0.1) is 6.04 Å². The molecule has 5 heteroatoms. The maximum absolute atomic E-state index is 12.6. The Morgan fingerprint density at radius 2 is 1.54 bits per heavy atom. The molecule has 0 heterocycles. The van der Waals surface area contributed by atoms with E-state index in [0.29, 0.717) is 21.8 Å². The quantitative estimate of drug-likeness (QED) is 0.611. The van der Waals surface area contributed by atoms with Gasteiger partial charge in [-0.25, -0.2) is 0 Å². The SMILES string of the molecule is Cc1ccc(NC(=O)c2cccc(C(=O)NC(C)c3ccccc3)c2)cc1Cl. The van der Waals surface area contributed by atoms with E-state index in [-0.39, 0.29) is 17.9 Å². The molecule has 0 saturated carbocycles. The molecule has 0 radical (unpaired) electrons. The van der Waals surface area contributed by atoms with Crippen LogP contribution in [-0.2, 0) is 0 Å². The third-order valence-corrected chi connectivity index (χ3v) is 4.87. The van der Waals surface area contributed by atoms with Gasteiger partial charge in [0.25, 0.3) is 11.8 Å². The van der Waals surface area contributed by atoms with Crippen LogP contribution in [0.2, 0.25) is 5.02 Å². The Morgan fingerprint density at radius 3 is 2.21 bits per heavy atom. The van der Waals surface area contributed by atoms with Gasteiger partial charge in [-0.15, -0.1) is 0 Å². The minimum atomic E-state index is -0.300. The van der Waals surface area contributed by atoms with Crippen molar-refractivity contribution in [1.29, 1.82) is 0 Å². The van der Waals surface area contributed by atoms with Gasteiger partial charge in [-0.2, -0.15) is 0 Å². The molecule has 2 N–H and O–H groups in total. The summed E-state index contributed by atoms with van der Waals surface area (Å²) in [5, 5.41) is 6.34. The number of anilines is 1. The Hall–Kier alpha value is -3.11. The lowest BCUT2D eigenvalue weighted by molar-refractivity contribution is 0.0940. The zero-order valence-corrected chi connectivity index (χ0v) is 16.5. The highest BCUT2D eigenvalue weighted by atomic mass is 35.5. The van der Waals surface area contributed by atoms with E-state index in [2.05, 4.69) is 10.6 Å². The second-order valence-corrected chi connectivity index (χ2v) is 7.01. The first-order valence-electron chi connectivity index (χ1n) is 8.97. The molecular weight excluding hydrogens is 372 g/mol. The normalized spacial score (nSPS) is 11.5. The van der Waals surface area contributed by atoms with Gasteiger partial charge in [-0.3, -0.25) is 9.59 Å². The first-order valence-corrected chi connectivity index (χ1v) is 9.35. The van der Waals surface area contributed by atoms with Gasteiger partial charge in [0.2, 0.25) is 0 Å². The van der Waals surface area contributed by atoms with Crippen LogP contribution < -0.4 is 10.6 Å². The van der Waals surface area contributed by atoms with E-state index < -0.39 is 0 Å². The third kappa shape index (κ3) is 4.78. The maximum atomic E-state index is 12.6. The molecule has 0 saturated heterocycles. The number of rotatable bonds is 5. The van der Waals surface area contributed by atoms with Crippen LogP contribution in [0.4, 0.5) is 5.69 Å². The van der Waals surface area contributed by atoms with E-state index in [1.807, 2.05) is 50.2 Å². The minimum Gasteiger partial charge on any atom is -0.346 e. The van der Waals surface area contributed by atoms with Gasteiger partial charge >= 0.3 is 0 Å². The molecular formula is C23H21ClN2O2. The van der Waals surface area contributed by atoms with Crippen molar-refractivity contribution in [3.8, 4) is 0 Å². The Morgan fingerprint density at radius 1 is 0.857 bits per heavy atom. The summed E-state index contributed by atoms with van der Waals surface area (Å²) in [6, 6.07) is 21.5. The lowest BCUT2D eigenvalue weighted by Gasteiger charge is -2.14. The van der Waals surface area contributed by atoms with E-state index in [4.69, 9.17) is 11.6 Å². The van der Waals surface area contributed by atoms with Crippen molar-refractivity contribution in [3.63, 3.8) is 0 Å². The molecule has 3 rings (SSSR count). The van der Waals surface area contributed by atoms with E-state index in [0.717, 1.165) is 11.1 Å². The number of amides is 2. The highest BCUT2D eigenvalue weighted by Crippen LogP contribution is 2.21. The fourth-order valence-corrected chi connectivity index (χ4v) is 2.96. The van der Waals surface area contributed by atoms with Crippen molar-refractivity contribution in [1.82, 2.24) is 5.32 Å². The summed E-state index contributed by atoms with van der Waals surface area (Å²) in [7, 11) is 0. The standard InChI is InChI=1S/C23H21ClN2O2/c1-15-11-12-20(14-21(15)24)26-23(28)19-10-6-9-18(13-19)22(27)25-16(2)17-7-4-3-5-8-17/h3-14,16H,1-2H3,(H,25,27)(H,26,28). The summed E-state index contributed by atoms with van der Waals surface area (Å²) in [6.45, 7) is 3.82. The molecule has 142 valence electrons. The Balaban J connectivity index is 1.71. The summed E-state index contributed by atoms with van der Waals surface area (Å²) < 4.78 is 0. The minimum absolute atomic E-state index is 0.138. The largest absolute Gasteiger partial charge is 0.346 e. The van der Waals surface area contributed by atoms with Gasteiger partial charge < -0.3 is 10.6 Å². The van der Waals surface area contributed by atoms with Crippen LogP contribution >= 0.6 is 11.6 Å². The van der Waals surface area contributed by atoms with Crippen LogP contribution in [0.1, 0.15) is 44.8 Å². The molecule has 0 fully saturated rings. The topological polar surface area (TPSA) is 58.2 Å². The highest BCUT2D eigenvalue weighted by Gasteiger charge is 2.14. The lowest BCUT2D eigenvalue weighted by atomic mass is 10.1. The fraction of sp³-hybridized carbons (Fsp3) is 0.130. The molecule has 3 aromatic rings. The van der Waals surface area contributed by atoms with Crippen LogP contribution in [0.5, 0.6) is 0 Å². The summed E-state index contributed by atoms with van der Waals surface area (Å²) in [5.74, 6) is -0.532. The number of halogens is 1. The number of aryl methyl sites for hydroxylation is 1. The van der Waals surface area contributed by atoms with Gasteiger partial charge in [0, 0.05) is 21.8 Å². The first-order chi connectivity index (χ1) is 13.4. The van der Waals surface area contributed by atoms with Crippen molar-refractivity contribution in [2.24, 2.45) is 0 Å². The molecule has 4 nitrogen and oxygen atoms in total. The molecule has 0 aliphatic heterocycles. The second kappa shape index (κ2) is 8.72. The third-order valence-electron chi connectivity index (χ3n) is 4.46. The summed E-state index contributed by atoms with van der Waals surface area (Å²) >= 11 is 6.10. The maximum Gasteiger partial charge on any atom is 0.255 e. The van der Waals surface area contributed by atoms with Gasteiger partial charge in [-0.1, -0.05) is 54.1 Å². The zero-order valence-electron chi connectivity index (χ0n) is 15.7. The number of hydrogen-bond acceptors (Lipinski definition) is 2. The predicted octanol–water partition coefficient (Wildman–Crippen LogP) is 5.39. The van der Waals surface area contributed by atoms with E-state index in [9.17, 15) is 9.59 Å². The highest BCUT2D eigenvalue weighted by molar-refractivity contribution is 6.31. The summed E-state index contributed by atoms with van der Waals surface area (Å²) in [4.78, 5) is 25.1. The molecule has 0 aliphatic rings. The smallest absolute Gasteiger partial charge is 0.255 e. The molecule has 3 aromatic carbocycles. The summed E-state index contributed by atoms with van der Waals surface area (Å²) in [5.41, 5.74) is 3.38. The van der Waals surface area contributed by atoms with Gasteiger partial charge in [0.1, 0.15) is 0 Å². The number of benzene rings is 3. The molecule has 2 amide bonds. The number of nitrogens with one attached hydrogen (secondary N) is 2. The Kier molecular flexibility index (Phi) is 6.12. The molecule has 0 spiro atoms. The Labute approximate surface area is 169 Å². The van der Waals surface area contributed by atoms with E-state index >= 15 is 0 Å². The second-order valence-electron chi connectivity index (χ2n) is 6.60. The van der Waals surface area contributed by atoms with Crippen molar-refractivity contribution in [3.05, 3.63) is 100 Å². The van der Waals surface area contributed by atoms with Crippen molar-refractivity contribution in [2.75, 3.05) is 5.32 Å². The van der Waals surface area contributed by atoms with E-state index in [1.54, 1.807) is 36.4 Å². The van der Waals surface area contributed by atoms with Crippen molar-refractivity contribution >= 4 is 29.1 Å². The number of hydrogen-bond donors (Lipinski definition) is 2. The number of carbonyl (C=O) groups is 2. The zero-order chi connectivity index (χ0) is 20.1. The number of carbonyl (C=O) groups excluding carboxylic acids is 2. The van der Waals surface area contributed by atoms with Crippen molar-refractivity contribution < 1.29 is 9.59 Å². The van der Waals surface area contributed by atoms with Crippen molar-refractivity contribution in [2.45, 2.75) is 19.9 Å². The van der Waals surface area contributed by atoms with Crippen LogP contribution in [0.15, 0.2) is 72.8 Å². The lowest BCUT2D eigenvalue weighted by Crippen LogP contribution is -2.27. The van der Waals surface area contributed by atoms with Crippen LogP contribution in [0, 0.1) is 6.92 Å². The first kappa shape index (κ1) is 19.6. The van der Waals surface area contributed by atoms with Crippen LogP contribution in [0.3, 0.4) is 0 Å². The molecule has 0 aromatic heterocycles. The molecule has 0 aliphatic carbocycles. The average Bonchev–Trinajstić information content (AvgIpc) is 2.71. The fourth-order valence-electron chi connectivity index (χ4n) is 2.78. The average molecular weight is 393 g/mol. The molecule has 28 heavy (non-hydrogen) atoms. The molecule has 1 unspecified atom stereocenters. The van der Waals surface area contributed by atoms with Gasteiger partial charge in [0.15, 0.2) is 0 Å². The van der Waals surface area contributed by atoms with Crippen LogP contribution in [-0.4, -0.2) is 11.8 Å². The van der Waals surface area contributed by atoms with Gasteiger partial charge in [-0.05, 0) is 55.3 Å².